The molecule has 2 aromatic carbocycles. The molecule has 0 spiro atoms. The number of rotatable bonds is 2. The number of hydrogen-bond acceptors (Lipinski definition) is 5. The number of carbonyl (C=O) groups is 1. The molecular formula is C18H13NO4. The molecule has 0 atom stereocenters. The summed E-state index contributed by atoms with van der Waals surface area (Å²) in [5.41, 5.74) is 3.53. The number of carbonyl (C=O) groups excluding carboxylic acids is 1. The smallest absolute Gasteiger partial charge is 0.337 e. The summed E-state index contributed by atoms with van der Waals surface area (Å²) in [5, 5.41) is 0.998. The third kappa shape index (κ3) is 2.26. The zero-order valence-electron chi connectivity index (χ0n) is 12.6. The lowest BCUT2D eigenvalue weighted by atomic mass is 10.2. The SMILES string of the molecule is COC(=O)c1ccc2nc(-c3cc4cc(C)ccc4o3)oc2c1. The fraction of sp³-hybridized carbons (Fsp3) is 0.111. The summed E-state index contributed by atoms with van der Waals surface area (Å²) in [6.45, 7) is 2.03. The summed E-state index contributed by atoms with van der Waals surface area (Å²) < 4.78 is 16.2. The molecule has 5 heteroatoms. The zero-order valence-corrected chi connectivity index (χ0v) is 12.6. The maximum absolute atomic E-state index is 11.6. The van der Waals surface area contributed by atoms with Gasteiger partial charge in [-0.1, -0.05) is 11.6 Å². The fourth-order valence-electron chi connectivity index (χ4n) is 2.54. The number of aromatic nitrogens is 1. The van der Waals surface area contributed by atoms with Crippen LogP contribution in [0.4, 0.5) is 0 Å². The predicted octanol–water partition coefficient (Wildman–Crippen LogP) is 4.34. The van der Waals surface area contributed by atoms with E-state index in [0.717, 1.165) is 16.5 Å². The van der Waals surface area contributed by atoms with Gasteiger partial charge >= 0.3 is 5.97 Å². The first-order valence-electron chi connectivity index (χ1n) is 7.13. The molecule has 23 heavy (non-hydrogen) atoms. The second-order valence-corrected chi connectivity index (χ2v) is 5.35. The molecule has 4 rings (SSSR count). The maximum atomic E-state index is 11.6. The van der Waals surface area contributed by atoms with Crippen LogP contribution in [0.3, 0.4) is 0 Å². The van der Waals surface area contributed by atoms with E-state index in [-0.39, 0.29) is 0 Å². The molecule has 0 aliphatic rings. The van der Waals surface area contributed by atoms with Crippen LogP contribution >= 0.6 is 0 Å². The van der Waals surface area contributed by atoms with Gasteiger partial charge in [-0.15, -0.1) is 0 Å². The Morgan fingerprint density at radius 1 is 1.04 bits per heavy atom. The van der Waals surface area contributed by atoms with E-state index >= 15 is 0 Å². The number of methoxy groups -OCH3 is 1. The fourth-order valence-corrected chi connectivity index (χ4v) is 2.54. The number of aryl methyl sites for hydroxylation is 1. The number of hydrogen-bond donors (Lipinski definition) is 0. The van der Waals surface area contributed by atoms with Crippen molar-refractivity contribution in [3.05, 3.63) is 53.6 Å². The lowest BCUT2D eigenvalue weighted by Gasteiger charge is -1.96. The second-order valence-electron chi connectivity index (χ2n) is 5.35. The Balaban J connectivity index is 1.82. The first-order chi connectivity index (χ1) is 11.1. The largest absolute Gasteiger partial charge is 0.465 e. The van der Waals surface area contributed by atoms with E-state index < -0.39 is 5.97 Å². The minimum absolute atomic E-state index is 0.385. The predicted molar refractivity (Wildman–Crippen MR) is 85.3 cm³/mol. The van der Waals surface area contributed by atoms with E-state index in [1.807, 2.05) is 31.2 Å². The molecule has 114 valence electrons. The number of benzene rings is 2. The zero-order chi connectivity index (χ0) is 16.0. The molecule has 0 saturated carbocycles. The van der Waals surface area contributed by atoms with Crippen LogP contribution in [0.25, 0.3) is 33.7 Å². The maximum Gasteiger partial charge on any atom is 0.337 e. The number of ether oxygens (including phenoxy) is 1. The Labute approximate surface area is 131 Å². The third-order valence-corrected chi connectivity index (χ3v) is 3.69. The molecule has 0 saturated heterocycles. The number of fused-ring (bicyclic) bond motifs is 2. The molecule has 0 fully saturated rings. The van der Waals surface area contributed by atoms with Crippen molar-refractivity contribution in [1.82, 2.24) is 4.98 Å². The van der Waals surface area contributed by atoms with Gasteiger partial charge in [-0.05, 0) is 43.3 Å². The van der Waals surface area contributed by atoms with Crippen molar-refractivity contribution in [2.24, 2.45) is 0 Å². The Morgan fingerprint density at radius 2 is 1.91 bits per heavy atom. The Bertz CT molecular complexity index is 1040. The molecule has 0 N–H and O–H groups in total. The van der Waals surface area contributed by atoms with Gasteiger partial charge in [0.05, 0.1) is 12.7 Å². The number of esters is 1. The van der Waals surface area contributed by atoms with E-state index in [1.54, 1.807) is 18.2 Å². The van der Waals surface area contributed by atoms with Crippen molar-refractivity contribution in [1.29, 1.82) is 0 Å². The van der Waals surface area contributed by atoms with Crippen molar-refractivity contribution in [2.75, 3.05) is 7.11 Å². The summed E-state index contributed by atoms with van der Waals surface area (Å²) >= 11 is 0. The highest BCUT2D eigenvalue weighted by molar-refractivity contribution is 5.93. The number of nitrogens with zero attached hydrogens (tertiary/aromatic N) is 1. The van der Waals surface area contributed by atoms with E-state index in [1.165, 1.54) is 7.11 Å². The average molecular weight is 307 g/mol. The van der Waals surface area contributed by atoms with Gasteiger partial charge in [0.15, 0.2) is 11.3 Å². The highest BCUT2D eigenvalue weighted by Crippen LogP contribution is 2.30. The molecule has 0 unspecified atom stereocenters. The van der Waals surface area contributed by atoms with Crippen molar-refractivity contribution in [2.45, 2.75) is 6.92 Å². The van der Waals surface area contributed by atoms with Gasteiger partial charge in [-0.2, -0.15) is 0 Å². The number of furan rings is 1. The highest BCUT2D eigenvalue weighted by Gasteiger charge is 2.15. The minimum Gasteiger partial charge on any atom is -0.465 e. The summed E-state index contributed by atoms with van der Waals surface area (Å²) in [7, 11) is 1.34. The van der Waals surface area contributed by atoms with Crippen LogP contribution in [-0.4, -0.2) is 18.1 Å². The molecular weight excluding hydrogens is 294 g/mol. The molecule has 5 nitrogen and oxygen atoms in total. The van der Waals surface area contributed by atoms with Crippen LogP contribution in [-0.2, 0) is 4.74 Å². The second kappa shape index (κ2) is 4.98. The lowest BCUT2D eigenvalue weighted by molar-refractivity contribution is 0.0601. The quantitative estimate of drug-likeness (QED) is 0.515. The van der Waals surface area contributed by atoms with Crippen molar-refractivity contribution in [3.63, 3.8) is 0 Å². The molecule has 2 aromatic heterocycles. The van der Waals surface area contributed by atoms with Crippen LogP contribution in [0, 0.1) is 6.92 Å². The van der Waals surface area contributed by atoms with Gasteiger partial charge in [-0.25, -0.2) is 9.78 Å². The van der Waals surface area contributed by atoms with E-state index in [2.05, 4.69) is 4.98 Å². The Kier molecular flexibility index (Phi) is 2.94. The standard InChI is InChI=1S/C18H13NO4/c1-10-3-6-14-12(7-10)9-16(22-14)17-19-13-5-4-11(18(20)21-2)8-15(13)23-17/h3-9H,1-2H3. The lowest BCUT2D eigenvalue weighted by Crippen LogP contribution is -2.00. The summed E-state index contributed by atoms with van der Waals surface area (Å²) in [6, 6.07) is 12.8. The average Bonchev–Trinajstić information content (AvgIpc) is 3.16. The van der Waals surface area contributed by atoms with E-state index in [9.17, 15) is 4.79 Å². The van der Waals surface area contributed by atoms with Gasteiger partial charge in [0.2, 0.25) is 0 Å². The summed E-state index contributed by atoms with van der Waals surface area (Å²) in [6.07, 6.45) is 0. The third-order valence-electron chi connectivity index (χ3n) is 3.69. The van der Waals surface area contributed by atoms with Crippen molar-refractivity contribution >= 4 is 28.0 Å². The van der Waals surface area contributed by atoms with E-state index in [4.69, 9.17) is 13.6 Å². The molecule has 0 aliphatic carbocycles. The first-order valence-corrected chi connectivity index (χ1v) is 7.13. The molecule has 0 amide bonds. The number of oxazole rings is 1. The van der Waals surface area contributed by atoms with Gasteiger partial charge in [0.25, 0.3) is 5.89 Å². The molecule has 2 heterocycles. The Morgan fingerprint density at radius 3 is 2.74 bits per heavy atom. The van der Waals surface area contributed by atoms with Crippen LogP contribution in [0.2, 0.25) is 0 Å². The first kappa shape index (κ1) is 13.6. The monoisotopic (exact) mass is 307 g/mol. The highest BCUT2D eigenvalue weighted by atomic mass is 16.5. The van der Waals surface area contributed by atoms with Crippen LogP contribution in [0.15, 0.2) is 51.3 Å². The molecule has 4 aromatic rings. The summed E-state index contributed by atoms with van der Waals surface area (Å²) in [5.74, 6) is 0.529. The topological polar surface area (TPSA) is 65.5 Å². The molecule has 0 radical (unpaired) electrons. The van der Waals surface area contributed by atoms with Crippen molar-refractivity contribution < 1.29 is 18.4 Å². The van der Waals surface area contributed by atoms with Gasteiger partial charge < -0.3 is 13.6 Å². The van der Waals surface area contributed by atoms with Gasteiger partial charge in [0, 0.05) is 5.39 Å². The molecule has 0 bridgehead atoms. The van der Waals surface area contributed by atoms with Crippen LogP contribution < -0.4 is 0 Å². The van der Waals surface area contributed by atoms with Crippen molar-refractivity contribution in [3.8, 4) is 11.7 Å². The molecule has 0 aliphatic heterocycles. The van der Waals surface area contributed by atoms with Crippen LogP contribution in [0.1, 0.15) is 15.9 Å². The van der Waals surface area contributed by atoms with Crippen LogP contribution in [0.5, 0.6) is 0 Å². The van der Waals surface area contributed by atoms with E-state index in [0.29, 0.717) is 28.3 Å². The van der Waals surface area contributed by atoms with Gasteiger partial charge in [-0.3, -0.25) is 0 Å². The summed E-state index contributed by atoms with van der Waals surface area (Å²) in [4.78, 5) is 16.0. The van der Waals surface area contributed by atoms with Gasteiger partial charge in [0.1, 0.15) is 11.1 Å². The Hall–Kier alpha value is -3.08. The normalized spacial score (nSPS) is 11.2. The minimum atomic E-state index is -0.413.